The van der Waals surface area contributed by atoms with E-state index in [1.807, 2.05) is 12.1 Å². The molecule has 1 rings (SSSR count). The molecule has 0 unspecified atom stereocenters. The molecule has 0 fully saturated rings. The maximum Gasteiger partial charge on any atom is 0.341 e. The first kappa shape index (κ1) is 18.8. The molecule has 5 nitrogen and oxygen atoms in total. The molecule has 0 aliphatic carbocycles. The number of unbranched alkanes of at least 4 members (excludes halogenated alkanes) is 1. The largest absolute Gasteiger partial charge is 0.496 e. The van der Waals surface area contributed by atoms with Crippen LogP contribution >= 0.6 is 11.8 Å². The zero-order chi connectivity index (χ0) is 16.6. The lowest BCUT2D eigenvalue weighted by Crippen LogP contribution is -2.04. The standard InChI is InChI=1S/C15H22O5S2/c1-19-14-10-12(6-7-13(14)15(16)20-2)11-21-8-4-5-9-22(3,17)18/h6-7,10H,4-5,8-9,11H2,1-3H3. The first-order valence-electron chi connectivity index (χ1n) is 6.88. The fourth-order valence-corrected chi connectivity index (χ4v) is 3.56. The Morgan fingerprint density at radius 3 is 2.55 bits per heavy atom. The Balaban J connectivity index is 2.45. The van der Waals surface area contributed by atoms with Crippen molar-refractivity contribution in [3.63, 3.8) is 0 Å². The summed E-state index contributed by atoms with van der Waals surface area (Å²) in [5.41, 5.74) is 1.46. The van der Waals surface area contributed by atoms with E-state index in [9.17, 15) is 13.2 Å². The van der Waals surface area contributed by atoms with E-state index in [0.717, 1.165) is 23.5 Å². The lowest BCUT2D eigenvalue weighted by atomic mass is 10.1. The average molecular weight is 346 g/mol. The molecule has 0 N–H and O–H groups in total. The van der Waals surface area contributed by atoms with Crippen molar-refractivity contribution in [1.29, 1.82) is 0 Å². The van der Waals surface area contributed by atoms with Crippen LogP contribution in [-0.4, -0.2) is 46.4 Å². The van der Waals surface area contributed by atoms with Crippen LogP contribution in [0.1, 0.15) is 28.8 Å². The molecular weight excluding hydrogens is 324 g/mol. The molecule has 0 aliphatic heterocycles. The quantitative estimate of drug-likeness (QED) is 0.505. The molecule has 0 bridgehead atoms. The van der Waals surface area contributed by atoms with Crippen molar-refractivity contribution in [2.24, 2.45) is 0 Å². The molecule has 0 amide bonds. The number of rotatable bonds is 9. The molecule has 0 atom stereocenters. The van der Waals surface area contributed by atoms with Gasteiger partial charge < -0.3 is 9.47 Å². The second kappa shape index (κ2) is 9.05. The molecule has 0 heterocycles. The van der Waals surface area contributed by atoms with Gasteiger partial charge in [0.05, 0.1) is 14.2 Å². The van der Waals surface area contributed by atoms with Crippen molar-refractivity contribution in [3.8, 4) is 5.75 Å². The highest BCUT2D eigenvalue weighted by atomic mass is 32.2. The van der Waals surface area contributed by atoms with Crippen molar-refractivity contribution in [2.75, 3.05) is 32.0 Å². The molecule has 7 heteroatoms. The lowest BCUT2D eigenvalue weighted by molar-refractivity contribution is 0.0597. The van der Waals surface area contributed by atoms with Gasteiger partial charge in [0.25, 0.3) is 0 Å². The third kappa shape index (κ3) is 6.70. The number of thioether (sulfide) groups is 1. The number of carbonyl (C=O) groups excluding carboxylic acids is 1. The van der Waals surface area contributed by atoms with Crippen LogP contribution in [0.5, 0.6) is 5.75 Å². The van der Waals surface area contributed by atoms with Gasteiger partial charge >= 0.3 is 5.97 Å². The minimum Gasteiger partial charge on any atom is -0.496 e. The van der Waals surface area contributed by atoms with Crippen molar-refractivity contribution >= 4 is 27.6 Å². The Hall–Kier alpha value is -1.21. The predicted octanol–water partition coefficient (Wildman–Crippen LogP) is 2.54. The van der Waals surface area contributed by atoms with Gasteiger partial charge in [0.1, 0.15) is 21.2 Å². The molecule has 124 valence electrons. The first-order chi connectivity index (χ1) is 10.4. The summed E-state index contributed by atoms with van der Waals surface area (Å²) in [7, 11) is -0.00443. The Bertz CT molecular complexity index is 596. The minimum atomic E-state index is -2.86. The molecule has 1 aromatic rings. The second-order valence-electron chi connectivity index (χ2n) is 4.92. The zero-order valence-corrected chi connectivity index (χ0v) is 14.8. The number of methoxy groups -OCH3 is 2. The molecule has 0 radical (unpaired) electrons. The van der Waals surface area contributed by atoms with Gasteiger partial charge in [-0.15, -0.1) is 0 Å². The highest BCUT2D eigenvalue weighted by Gasteiger charge is 2.12. The highest BCUT2D eigenvalue weighted by Crippen LogP contribution is 2.24. The van der Waals surface area contributed by atoms with E-state index in [-0.39, 0.29) is 5.75 Å². The topological polar surface area (TPSA) is 69.7 Å². The normalized spacial score (nSPS) is 11.2. The monoisotopic (exact) mass is 346 g/mol. The number of esters is 1. The smallest absolute Gasteiger partial charge is 0.341 e. The van der Waals surface area contributed by atoms with E-state index in [4.69, 9.17) is 9.47 Å². The number of hydrogen-bond acceptors (Lipinski definition) is 6. The third-order valence-electron chi connectivity index (χ3n) is 2.99. The first-order valence-corrected chi connectivity index (χ1v) is 10.1. The summed E-state index contributed by atoms with van der Waals surface area (Å²) in [6.07, 6.45) is 2.82. The molecule has 0 spiro atoms. The molecule has 0 aromatic heterocycles. The molecular formula is C15H22O5S2. The highest BCUT2D eigenvalue weighted by molar-refractivity contribution is 7.98. The van der Waals surface area contributed by atoms with Crippen LogP contribution in [0.4, 0.5) is 0 Å². The summed E-state index contributed by atoms with van der Waals surface area (Å²) < 4.78 is 31.9. The van der Waals surface area contributed by atoms with Gasteiger partial charge in [0.15, 0.2) is 0 Å². The molecule has 1 aromatic carbocycles. The van der Waals surface area contributed by atoms with Crippen molar-refractivity contribution in [3.05, 3.63) is 29.3 Å². The number of carbonyl (C=O) groups is 1. The molecule has 22 heavy (non-hydrogen) atoms. The van der Waals surface area contributed by atoms with Gasteiger partial charge in [-0.2, -0.15) is 11.8 Å². The van der Waals surface area contributed by atoms with Crippen LogP contribution in [0.3, 0.4) is 0 Å². The summed E-state index contributed by atoms with van der Waals surface area (Å²) in [6.45, 7) is 0. The number of ether oxygens (including phenoxy) is 2. The van der Waals surface area contributed by atoms with Crippen LogP contribution in [-0.2, 0) is 20.3 Å². The lowest BCUT2D eigenvalue weighted by Gasteiger charge is -2.09. The van der Waals surface area contributed by atoms with Gasteiger partial charge in [-0.1, -0.05) is 6.07 Å². The van der Waals surface area contributed by atoms with Crippen LogP contribution in [0.25, 0.3) is 0 Å². The Kier molecular flexibility index (Phi) is 7.75. The summed E-state index contributed by atoms with van der Waals surface area (Å²) >= 11 is 1.73. The van der Waals surface area contributed by atoms with Crippen molar-refractivity contribution in [2.45, 2.75) is 18.6 Å². The van der Waals surface area contributed by atoms with Gasteiger partial charge in [-0.3, -0.25) is 0 Å². The van der Waals surface area contributed by atoms with Crippen molar-refractivity contribution < 1.29 is 22.7 Å². The Morgan fingerprint density at radius 1 is 1.23 bits per heavy atom. The fraction of sp³-hybridized carbons (Fsp3) is 0.533. The minimum absolute atomic E-state index is 0.245. The van der Waals surface area contributed by atoms with E-state index >= 15 is 0 Å². The maximum atomic E-state index is 11.6. The van der Waals surface area contributed by atoms with E-state index in [2.05, 4.69) is 0 Å². The molecule has 0 saturated heterocycles. The Morgan fingerprint density at radius 2 is 1.95 bits per heavy atom. The van der Waals surface area contributed by atoms with Crippen LogP contribution < -0.4 is 4.74 Å². The third-order valence-corrected chi connectivity index (χ3v) is 5.14. The van der Waals surface area contributed by atoms with E-state index in [1.165, 1.54) is 20.5 Å². The maximum absolute atomic E-state index is 11.6. The SMILES string of the molecule is COC(=O)c1ccc(CSCCCCS(C)(=O)=O)cc1OC. The Labute approximate surface area is 136 Å². The summed E-state index contributed by atoms with van der Waals surface area (Å²) in [5, 5.41) is 0. The summed E-state index contributed by atoms with van der Waals surface area (Å²) in [5.74, 6) is 2.02. The number of hydrogen-bond donors (Lipinski definition) is 0. The van der Waals surface area contributed by atoms with Crippen LogP contribution in [0.2, 0.25) is 0 Å². The van der Waals surface area contributed by atoms with Gasteiger partial charge in [-0.25, -0.2) is 13.2 Å². The van der Waals surface area contributed by atoms with E-state index in [1.54, 1.807) is 17.8 Å². The predicted molar refractivity (Wildman–Crippen MR) is 89.4 cm³/mol. The zero-order valence-electron chi connectivity index (χ0n) is 13.1. The molecule has 0 aliphatic rings. The molecule has 0 saturated carbocycles. The van der Waals surface area contributed by atoms with E-state index < -0.39 is 15.8 Å². The number of sulfone groups is 1. The summed E-state index contributed by atoms with van der Waals surface area (Å²) in [6, 6.07) is 5.40. The van der Waals surface area contributed by atoms with Gasteiger partial charge in [0, 0.05) is 17.8 Å². The van der Waals surface area contributed by atoms with Gasteiger partial charge in [-0.05, 0) is 36.3 Å². The second-order valence-corrected chi connectivity index (χ2v) is 8.28. The average Bonchev–Trinajstić information content (AvgIpc) is 2.48. The van der Waals surface area contributed by atoms with E-state index in [0.29, 0.717) is 17.7 Å². The van der Waals surface area contributed by atoms with Crippen LogP contribution in [0.15, 0.2) is 18.2 Å². The van der Waals surface area contributed by atoms with Gasteiger partial charge in [0.2, 0.25) is 0 Å². The van der Waals surface area contributed by atoms with Crippen LogP contribution in [0, 0.1) is 0 Å². The summed E-state index contributed by atoms with van der Waals surface area (Å²) in [4.78, 5) is 11.6. The fourth-order valence-electron chi connectivity index (χ4n) is 1.86. The number of benzene rings is 1. The van der Waals surface area contributed by atoms with Crippen molar-refractivity contribution in [1.82, 2.24) is 0 Å².